The number of nitrogens with one attached hydrogen (secondary N) is 1. The Labute approximate surface area is 398 Å². The minimum atomic E-state index is -2.33. The van der Waals surface area contributed by atoms with Crippen LogP contribution in [0.15, 0.2) is 96.1 Å². The lowest BCUT2D eigenvalue weighted by Gasteiger charge is -2.65. The first-order valence-corrected chi connectivity index (χ1v) is 23.2. The monoisotopic (exact) mass is 959 g/mol. The number of hydrogen-bond acceptors (Lipinski definition) is 17. The average Bonchev–Trinajstić information content (AvgIpc) is 3.72. The van der Waals surface area contributed by atoms with Crippen molar-refractivity contribution in [3.63, 3.8) is 0 Å². The number of allylic oxidation sites excluding steroid dienone is 3. The molecule has 4 aliphatic carbocycles. The molecule has 2 saturated carbocycles. The van der Waals surface area contributed by atoms with Crippen molar-refractivity contribution in [2.75, 3.05) is 19.8 Å². The molecule has 0 spiro atoms. The highest BCUT2D eigenvalue weighted by Crippen LogP contribution is 2.65. The minimum absolute atomic E-state index is 0.0272. The number of amides is 1. The summed E-state index contributed by atoms with van der Waals surface area (Å²) in [5.41, 5.74) is -9.62. The van der Waals surface area contributed by atoms with Gasteiger partial charge in [-0.05, 0) is 49.1 Å². The number of hydrogen-bond donors (Lipinski definition) is 7. The lowest BCUT2D eigenvalue weighted by molar-refractivity contribution is -0.330. The average molecular weight is 960 g/mol. The van der Waals surface area contributed by atoms with E-state index in [4.69, 9.17) is 28.4 Å². The largest absolute Gasteiger partial charge is 0.456 e. The molecule has 8 rings (SSSR count). The second-order valence-electron chi connectivity index (χ2n) is 20.0. The first-order valence-electron chi connectivity index (χ1n) is 23.2. The first kappa shape index (κ1) is 50.2. The summed E-state index contributed by atoms with van der Waals surface area (Å²) in [6.45, 7) is 6.18. The number of fused-ring (bicyclic) bond motifs is 4. The van der Waals surface area contributed by atoms with Crippen LogP contribution in [0.25, 0.3) is 0 Å². The number of ketones is 1. The number of aliphatic hydroxyl groups is 6. The molecule has 4 fully saturated rings. The van der Waals surface area contributed by atoms with Crippen LogP contribution in [0.3, 0.4) is 0 Å². The van der Waals surface area contributed by atoms with Gasteiger partial charge in [-0.2, -0.15) is 0 Å². The van der Waals surface area contributed by atoms with Crippen LogP contribution in [0.5, 0.6) is 0 Å². The first-order chi connectivity index (χ1) is 32.6. The highest BCUT2D eigenvalue weighted by molar-refractivity contribution is 5.96. The van der Waals surface area contributed by atoms with E-state index in [2.05, 4.69) is 5.32 Å². The van der Waals surface area contributed by atoms with Gasteiger partial charge in [0.1, 0.15) is 41.7 Å². The van der Waals surface area contributed by atoms with Crippen LogP contribution >= 0.6 is 0 Å². The molecule has 2 heterocycles. The molecule has 2 aromatic carbocycles. The van der Waals surface area contributed by atoms with Gasteiger partial charge in [-0.25, -0.2) is 9.59 Å². The molecule has 2 bridgehead atoms. The Morgan fingerprint density at radius 2 is 1.57 bits per heavy atom. The Kier molecular flexibility index (Phi) is 13.7. The van der Waals surface area contributed by atoms with E-state index in [9.17, 15) is 49.8 Å². The van der Waals surface area contributed by atoms with Crippen molar-refractivity contribution in [3.05, 3.63) is 107 Å². The quantitative estimate of drug-likeness (QED) is 0.0962. The van der Waals surface area contributed by atoms with Crippen LogP contribution < -0.4 is 5.32 Å². The summed E-state index contributed by atoms with van der Waals surface area (Å²) >= 11 is 0. The topological polar surface area (TPSA) is 274 Å². The van der Waals surface area contributed by atoms with Crippen LogP contribution in [0.2, 0.25) is 0 Å². The van der Waals surface area contributed by atoms with Gasteiger partial charge in [0.15, 0.2) is 18.2 Å². The van der Waals surface area contributed by atoms with Crippen molar-refractivity contribution < 1.29 is 83.0 Å². The molecule has 69 heavy (non-hydrogen) atoms. The normalized spacial score (nSPS) is 37.8. The standard InChI is InChI=1S/C51H61NO17/c1-27-34(66-45(62)39(57)36(29-15-9-6-10-16-29)52-43(60)30-17-11-7-12-18-30)21-50(63)25-51(69-44(61)31-19-13-8-14-20-31)24-49(68-28(2)53)26-64-22-32(49)42(67-46-40(58)37(55)33(54)23-65-46)48(51,5)41(59)38(56)35(27)47(50,3)4/h6-17,19-20,30,32-34,36-40,42,46,54-58,63H,18,21-26H2,1-5H3,(H,52,60)/t30?,32-,33?,34+,36?,37?,38-,39-,40?,42?,46?,48?,49+,50?,51-/m1/s1. The van der Waals surface area contributed by atoms with Crippen LogP contribution in [0, 0.1) is 22.7 Å². The van der Waals surface area contributed by atoms with E-state index in [1.165, 1.54) is 26.0 Å². The summed E-state index contributed by atoms with van der Waals surface area (Å²) in [4.78, 5) is 71.6. The van der Waals surface area contributed by atoms with Gasteiger partial charge in [0, 0.05) is 31.6 Å². The number of rotatable bonds is 11. The SMILES string of the molecule is CC(=O)O[C@@]12COC[C@@H]1C(OC1OCC(O)C(O)C1O)C1(C)C(=O)[C@H](O)C3=C(C)[C@@H](OC(=O)[C@H](O)C(NC(=O)C4C=CC=CC4)c4ccccc4)CC(O)(C[C@]1(OC(=O)c1ccccc1)C2)C3(C)C. The van der Waals surface area contributed by atoms with E-state index in [1.54, 1.807) is 80.6 Å². The third kappa shape index (κ3) is 8.67. The third-order valence-electron chi connectivity index (χ3n) is 15.6. The van der Waals surface area contributed by atoms with Gasteiger partial charge in [-0.1, -0.05) is 86.7 Å². The Morgan fingerprint density at radius 1 is 0.884 bits per heavy atom. The second-order valence-corrected chi connectivity index (χ2v) is 20.0. The predicted octanol–water partition coefficient (Wildman–Crippen LogP) is 1.84. The molecule has 6 aliphatic rings. The fourth-order valence-corrected chi connectivity index (χ4v) is 11.7. The maximum absolute atomic E-state index is 15.9. The Bertz CT molecular complexity index is 2410. The molecule has 9 unspecified atom stereocenters. The smallest absolute Gasteiger partial charge is 0.338 e. The van der Waals surface area contributed by atoms with Crippen LogP contribution in [-0.4, -0.2) is 146 Å². The summed E-state index contributed by atoms with van der Waals surface area (Å²) in [5, 5.41) is 73.3. The van der Waals surface area contributed by atoms with Gasteiger partial charge in [0.25, 0.3) is 0 Å². The van der Waals surface area contributed by atoms with Crippen molar-refractivity contribution >= 4 is 29.6 Å². The molecular formula is C51H61NO17. The predicted molar refractivity (Wildman–Crippen MR) is 240 cm³/mol. The molecule has 2 aromatic rings. The number of esters is 3. The Balaban J connectivity index is 1.25. The van der Waals surface area contributed by atoms with Gasteiger partial charge >= 0.3 is 17.9 Å². The van der Waals surface area contributed by atoms with E-state index < -0.39 is 150 Å². The van der Waals surface area contributed by atoms with Crippen LogP contribution in [0.4, 0.5) is 0 Å². The number of aliphatic hydroxyl groups excluding tert-OH is 5. The van der Waals surface area contributed by atoms with Crippen molar-refractivity contribution in [1.82, 2.24) is 5.32 Å². The third-order valence-corrected chi connectivity index (χ3v) is 15.6. The summed E-state index contributed by atoms with van der Waals surface area (Å²) in [6.07, 6.45) is -8.37. The summed E-state index contributed by atoms with van der Waals surface area (Å²) in [7, 11) is 0. The molecule has 1 amide bonds. The molecular weight excluding hydrogens is 899 g/mol. The highest BCUT2D eigenvalue weighted by Gasteiger charge is 2.78. The zero-order valence-electron chi connectivity index (χ0n) is 39.1. The fraction of sp³-hybridized carbons (Fsp3) is 0.549. The molecule has 7 N–H and O–H groups in total. The molecule has 0 aromatic heterocycles. The molecule has 18 nitrogen and oxygen atoms in total. The molecule has 15 atom stereocenters. The van der Waals surface area contributed by atoms with Gasteiger partial charge in [0.2, 0.25) is 5.91 Å². The van der Waals surface area contributed by atoms with Gasteiger partial charge in [-0.3, -0.25) is 14.4 Å². The molecule has 0 radical (unpaired) electrons. The van der Waals surface area contributed by atoms with E-state index >= 15 is 4.79 Å². The van der Waals surface area contributed by atoms with Crippen molar-refractivity contribution in [3.8, 4) is 0 Å². The second kappa shape index (κ2) is 18.9. The number of ether oxygens (including phenoxy) is 6. The molecule has 372 valence electrons. The lowest BCUT2D eigenvalue weighted by atomic mass is 9.45. The van der Waals surface area contributed by atoms with Gasteiger partial charge in [0.05, 0.1) is 60.4 Å². The zero-order chi connectivity index (χ0) is 49.8. The van der Waals surface area contributed by atoms with E-state index in [0.29, 0.717) is 12.0 Å². The van der Waals surface area contributed by atoms with E-state index in [0.717, 1.165) is 6.92 Å². The molecule has 18 heteroatoms. The summed E-state index contributed by atoms with van der Waals surface area (Å²) in [5.74, 6) is -6.11. The maximum Gasteiger partial charge on any atom is 0.338 e. The number of carbonyl (C=O) groups excluding carboxylic acids is 5. The Morgan fingerprint density at radius 3 is 2.22 bits per heavy atom. The van der Waals surface area contributed by atoms with Crippen molar-refractivity contribution in [2.45, 2.75) is 132 Å². The fourth-order valence-electron chi connectivity index (χ4n) is 11.7. The Hall–Kier alpha value is -5.15. The van der Waals surface area contributed by atoms with Crippen LogP contribution in [-0.2, 0) is 47.6 Å². The molecule has 2 aliphatic heterocycles. The number of benzene rings is 2. The molecule has 2 saturated heterocycles. The van der Waals surface area contributed by atoms with Gasteiger partial charge in [-0.15, -0.1) is 0 Å². The van der Waals surface area contributed by atoms with Crippen molar-refractivity contribution in [1.29, 1.82) is 0 Å². The number of carbonyl (C=O) groups is 5. The van der Waals surface area contributed by atoms with Crippen LogP contribution in [0.1, 0.15) is 82.3 Å². The maximum atomic E-state index is 15.9. The summed E-state index contributed by atoms with van der Waals surface area (Å²) in [6, 6.07) is 14.8. The zero-order valence-corrected chi connectivity index (χ0v) is 39.1. The minimum Gasteiger partial charge on any atom is -0.456 e. The summed E-state index contributed by atoms with van der Waals surface area (Å²) < 4.78 is 37.2. The lowest BCUT2D eigenvalue weighted by Crippen LogP contribution is -2.77. The van der Waals surface area contributed by atoms with Crippen molar-refractivity contribution in [2.24, 2.45) is 22.7 Å². The highest BCUT2D eigenvalue weighted by atomic mass is 16.7. The van der Waals surface area contributed by atoms with Gasteiger partial charge < -0.3 is 64.4 Å². The van der Waals surface area contributed by atoms with E-state index in [-0.39, 0.29) is 29.9 Å². The van der Waals surface area contributed by atoms with E-state index in [1.807, 2.05) is 6.08 Å². The number of Topliss-reactive ketones (excluding diaryl/α,β-unsaturated/α-hetero) is 1.